The van der Waals surface area contributed by atoms with E-state index in [1.807, 2.05) is 12.4 Å². The smallest absolute Gasteiger partial charge is 0.151 e. The molecule has 1 aromatic heterocycles. The minimum atomic E-state index is -2.91. The first-order valence-electron chi connectivity index (χ1n) is 7.52. The Morgan fingerprint density at radius 1 is 1.52 bits per heavy atom. The summed E-state index contributed by atoms with van der Waals surface area (Å²) in [6, 6.07) is 0. The highest BCUT2D eigenvalue weighted by Crippen LogP contribution is 2.17. The lowest BCUT2D eigenvalue weighted by Gasteiger charge is -2.24. The fourth-order valence-corrected chi connectivity index (χ4v) is 4.21. The lowest BCUT2D eigenvalue weighted by atomic mass is 10.1. The quantitative estimate of drug-likeness (QED) is 0.778. The van der Waals surface area contributed by atoms with E-state index < -0.39 is 9.84 Å². The van der Waals surface area contributed by atoms with Crippen LogP contribution in [0.25, 0.3) is 0 Å². The SMILES string of the molecule is CCS(=O)(=O)CCN(Cc1scnc1C)CC1CCNC1. The van der Waals surface area contributed by atoms with Gasteiger partial charge in [0.05, 0.1) is 17.0 Å². The van der Waals surface area contributed by atoms with E-state index in [2.05, 4.69) is 15.2 Å². The van der Waals surface area contributed by atoms with E-state index in [1.165, 1.54) is 11.3 Å². The number of hydrogen-bond acceptors (Lipinski definition) is 6. The Morgan fingerprint density at radius 3 is 2.90 bits per heavy atom. The van der Waals surface area contributed by atoms with Gasteiger partial charge in [-0.15, -0.1) is 11.3 Å². The van der Waals surface area contributed by atoms with Crippen molar-refractivity contribution in [1.29, 1.82) is 0 Å². The van der Waals surface area contributed by atoms with Crippen LogP contribution >= 0.6 is 11.3 Å². The van der Waals surface area contributed by atoms with Crippen molar-refractivity contribution < 1.29 is 8.42 Å². The van der Waals surface area contributed by atoms with Crippen LogP contribution in [0.4, 0.5) is 0 Å². The summed E-state index contributed by atoms with van der Waals surface area (Å²) in [5.74, 6) is 1.11. The van der Waals surface area contributed by atoms with Gasteiger partial charge in [0, 0.05) is 30.3 Å². The maximum Gasteiger partial charge on any atom is 0.151 e. The molecule has 21 heavy (non-hydrogen) atoms. The highest BCUT2D eigenvalue weighted by molar-refractivity contribution is 7.91. The van der Waals surface area contributed by atoms with Crippen LogP contribution in [0.1, 0.15) is 23.9 Å². The molecule has 1 saturated heterocycles. The van der Waals surface area contributed by atoms with E-state index in [1.54, 1.807) is 18.3 Å². The predicted octanol–water partition coefficient (Wildman–Crippen LogP) is 1.30. The average molecular weight is 332 g/mol. The molecule has 0 radical (unpaired) electrons. The van der Waals surface area contributed by atoms with Gasteiger partial charge in [-0.1, -0.05) is 6.92 Å². The summed E-state index contributed by atoms with van der Waals surface area (Å²) >= 11 is 1.66. The molecule has 1 fully saturated rings. The van der Waals surface area contributed by atoms with Gasteiger partial charge in [-0.2, -0.15) is 0 Å². The zero-order chi connectivity index (χ0) is 15.3. The number of aromatic nitrogens is 1. The van der Waals surface area contributed by atoms with Crippen molar-refractivity contribution in [3.8, 4) is 0 Å². The number of rotatable bonds is 8. The monoisotopic (exact) mass is 331 g/mol. The van der Waals surface area contributed by atoms with E-state index in [0.717, 1.165) is 31.9 Å². The summed E-state index contributed by atoms with van der Waals surface area (Å²) in [6.07, 6.45) is 1.18. The first-order valence-corrected chi connectivity index (χ1v) is 10.2. The van der Waals surface area contributed by atoms with Crippen molar-refractivity contribution in [3.63, 3.8) is 0 Å². The summed E-state index contributed by atoms with van der Waals surface area (Å²) < 4.78 is 23.5. The van der Waals surface area contributed by atoms with Gasteiger partial charge in [0.1, 0.15) is 0 Å². The lowest BCUT2D eigenvalue weighted by Crippen LogP contribution is -2.34. The molecule has 0 amide bonds. The molecule has 0 bridgehead atoms. The summed E-state index contributed by atoms with van der Waals surface area (Å²) in [7, 11) is -2.91. The highest BCUT2D eigenvalue weighted by Gasteiger charge is 2.20. The molecule has 0 aliphatic carbocycles. The average Bonchev–Trinajstić information content (AvgIpc) is 3.09. The Kier molecular flexibility index (Phi) is 6.16. The molecule has 5 nitrogen and oxygen atoms in total. The molecule has 0 spiro atoms. The zero-order valence-electron chi connectivity index (χ0n) is 12.8. The number of hydrogen-bond donors (Lipinski definition) is 1. The van der Waals surface area contributed by atoms with Crippen molar-refractivity contribution in [1.82, 2.24) is 15.2 Å². The lowest BCUT2D eigenvalue weighted by molar-refractivity contribution is 0.243. The maximum atomic E-state index is 11.8. The molecule has 7 heteroatoms. The summed E-state index contributed by atoms with van der Waals surface area (Å²) in [5, 5.41) is 3.38. The molecule has 1 N–H and O–H groups in total. The molecule has 2 heterocycles. The molecular weight excluding hydrogens is 306 g/mol. The molecule has 1 aromatic rings. The van der Waals surface area contributed by atoms with Crippen LogP contribution in [0.3, 0.4) is 0 Å². The second-order valence-corrected chi connectivity index (χ2v) is 9.10. The molecule has 2 rings (SSSR count). The topological polar surface area (TPSA) is 62.3 Å². The molecule has 1 atom stereocenters. The van der Waals surface area contributed by atoms with Crippen molar-refractivity contribution in [2.45, 2.75) is 26.8 Å². The Balaban J connectivity index is 1.97. The van der Waals surface area contributed by atoms with Crippen molar-refractivity contribution >= 4 is 21.2 Å². The van der Waals surface area contributed by atoms with Gasteiger partial charge in [-0.25, -0.2) is 13.4 Å². The third kappa shape index (κ3) is 5.32. The van der Waals surface area contributed by atoms with Crippen LogP contribution in [0, 0.1) is 12.8 Å². The predicted molar refractivity (Wildman–Crippen MR) is 87.4 cm³/mol. The number of sulfone groups is 1. The van der Waals surface area contributed by atoms with Gasteiger partial charge >= 0.3 is 0 Å². The fraction of sp³-hybridized carbons (Fsp3) is 0.786. The first kappa shape index (κ1) is 16.9. The normalized spacial score (nSPS) is 19.5. The van der Waals surface area contributed by atoms with Crippen LogP contribution in [0.2, 0.25) is 0 Å². The molecule has 0 aromatic carbocycles. The summed E-state index contributed by atoms with van der Waals surface area (Å²) in [5.41, 5.74) is 2.93. The van der Waals surface area contributed by atoms with Crippen molar-refractivity contribution in [2.75, 3.05) is 37.7 Å². The van der Waals surface area contributed by atoms with Gasteiger partial charge in [-0.3, -0.25) is 4.90 Å². The molecular formula is C14H25N3O2S2. The van der Waals surface area contributed by atoms with Gasteiger partial charge in [0.25, 0.3) is 0 Å². The Labute approximate surface area is 131 Å². The highest BCUT2D eigenvalue weighted by atomic mass is 32.2. The third-order valence-corrected chi connectivity index (χ3v) is 6.65. The van der Waals surface area contributed by atoms with Gasteiger partial charge in [0.2, 0.25) is 0 Å². The van der Waals surface area contributed by atoms with Crippen LogP contribution < -0.4 is 5.32 Å². The minimum absolute atomic E-state index is 0.228. The van der Waals surface area contributed by atoms with E-state index >= 15 is 0 Å². The number of aryl methyl sites for hydroxylation is 1. The third-order valence-electron chi connectivity index (χ3n) is 4.05. The van der Waals surface area contributed by atoms with E-state index in [4.69, 9.17) is 0 Å². The molecule has 120 valence electrons. The van der Waals surface area contributed by atoms with Gasteiger partial charge in [-0.05, 0) is 32.4 Å². The second-order valence-electron chi connectivity index (χ2n) is 5.69. The van der Waals surface area contributed by atoms with Gasteiger partial charge < -0.3 is 5.32 Å². The largest absolute Gasteiger partial charge is 0.316 e. The van der Waals surface area contributed by atoms with E-state index in [0.29, 0.717) is 12.5 Å². The first-order chi connectivity index (χ1) is 10.00. The van der Waals surface area contributed by atoms with E-state index in [9.17, 15) is 8.42 Å². The Morgan fingerprint density at radius 2 is 2.33 bits per heavy atom. The van der Waals surface area contributed by atoms with Crippen LogP contribution in [0.15, 0.2) is 5.51 Å². The molecule has 1 aliphatic rings. The van der Waals surface area contributed by atoms with Crippen LogP contribution in [-0.4, -0.2) is 56.0 Å². The second kappa shape index (κ2) is 7.67. The summed E-state index contributed by atoms with van der Waals surface area (Å²) in [6.45, 7) is 8.24. The van der Waals surface area contributed by atoms with E-state index in [-0.39, 0.29) is 11.5 Å². The van der Waals surface area contributed by atoms with Gasteiger partial charge in [0.15, 0.2) is 9.84 Å². The Hall–Kier alpha value is -0.500. The number of thiazole rings is 1. The standard InChI is InChI=1S/C14H25N3O2S2/c1-3-21(18,19)7-6-17(9-13-4-5-15-8-13)10-14-12(2)16-11-20-14/h11,13,15H,3-10H2,1-2H3. The maximum absolute atomic E-state index is 11.8. The van der Waals surface area contributed by atoms with Crippen molar-refractivity contribution in [2.24, 2.45) is 5.92 Å². The molecule has 1 aliphatic heterocycles. The zero-order valence-corrected chi connectivity index (χ0v) is 14.5. The fourth-order valence-electron chi connectivity index (χ4n) is 2.56. The molecule has 0 saturated carbocycles. The molecule has 1 unspecified atom stereocenters. The number of nitrogens with zero attached hydrogens (tertiary/aromatic N) is 2. The number of nitrogens with one attached hydrogen (secondary N) is 1. The summed E-state index contributed by atoms with van der Waals surface area (Å²) in [4.78, 5) is 7.82. The minimum Gasteiger partial charge on any atom is -0.316 e. The van der Waals surface area contributed by atoms with Crippen LogP contribution in [0.5, 0.6) is 0 Å². The van der Waals surface area contributed by atoms with Crippen molar-refractivity contribution in [3.05, 3.63) is 16.1 Å². The van der Waals surface area contributed by atoms with Crippen LogP contribution in [-0.2, 0) is 16.4 Å². The Bertz CT molecular complexity index is 536.